The Morgan fingerprint density at radius 1 is 0.636 bits per heavy atom. The van der Waals surface area contributed by atoms with Gasteiger partial charge in [0.15, 0.2) is 0 Å². The highest BCUT2D eigenvalue weighted by Crippen LogP contribution is 2.33. The van der Waals surface area contributed by atoms with Crippen molar-refractivity contribution in [1.82, 2.24) is 5.32 Å². The first kappa shape index (κ1) is 31.7. The number of benzene rings is 4. The van der Waals surface area contributed by atoms with Gasteiger partial charge in [-0.2, -0.15) is 0 Å². The molecule has 5 nitrogen and oxygen atoms in total. The van der Waals surface area contributed by atoms with Crippen LogP contribution in [0.4, 0.5) is 17.6 Å². The summed E-state index contributed by atoms with van der Waals surface area (Å²) >= 11 is 0. The van der Waals surface area contributed by atoms with Crippen LogP contribution in [-0.2, 0) is 34.0 Å². The molecule has 9 heteroatoms. The maximum Gasteiger partial charge on any atom is 0.131 e. The maximum atomic E-state index is 14.3. The zero-order valence-corrected chi connectivity index (χ0v) is 24.2. The maximum absolute atomic E-state index is 14.3. The smallest absolute Gasteiger partial charge is 0.131 e. The summed E-state index contributed by atoms with van der Waals surface area (Å²) in [6.45, 7) is 2.40. The Morgan fingerprint density at radius 3 is 1.80 bits per heavy atom. The number of hydrogen-bond acceptors (Lipinski definition) is 5. The van der Waals surface area contributed by atoms with Crippen LogP contribution in [0.1, 0.15) is 34.6 Å². The molecule has 5 rings (SSSR count). The minimum absolute atomic E-state index is 0.0677. The van der Waals surface area contributed by atoms with Crippen LogP contribution in [0.25, 0.3) is 0 Å². The Kier molecular flexibility index (Phi) is 11.4. The minimum Gasteiger partial charge on any atom is -0.494 e. The van der Waals surface area contributed by atoms with E-state index in [0.717, 1.165) is 29.7 Å². The quantitative estimate of drug-likeness (QED) is 0.122. The van der Waals surface area contributed by atoms with Crippen LogP contribution >= 0.6 is 0 Å². The van der Waals surface area contributed by atoms with Gasteiger partial charge in [0.1, 0.15) is 29.0 Å². The molecule has 0 bridgehead atoms. The number of piperidine rings is 1. The van der Waals surface area contributed by atoms with Crippen molar-refractivity contribution in [3.05, 3.63) is 137 Å². The average Bonchev–Trinajstić information content (AvgIpc) is 3.03. The lowest BCUT2D eigenvalue weighted by molar-refractivity contribution is -0.0659. The molecule has 44 heavy (non-hydrogen) atoms. The van der Waals surface area contributed by atoms with Crippen molar-refractivity contribution in [2.45, 2.75) is 44.4 Å². The molecule has 4 aromatic carbocycles. The largest absolute Gasteiger partial charge is 0.494 e. The number of nitrogens with one attached hydrogen (secondary N) is 1. The Bertz CT molecular complexity index is 1410. The van der Waals surface area contributed by atoms with E-state index in [9.17, 15) is 17.6 Å². The second kappa shape index (κ2) is 15.8. The van der Waals surface area contributed by atoms with Crippen molar-refractivity contribution in [2.75, 3.05) is 26.3 Å². The lowest BCUT2D eigenvalue weighted by Gasteiger charge is -2.39. The zero-order chi connectivity index (χ0) is 30.7. The van der Waals surface area contributed by atoms with Gasteiger partial charge in [0.05, 0.1) is 45.2 Å². The molecule has 0 aliphatic carbocycles. The van der Waals surface area contributed by atoms with Crippen molar-refractivity contribution < 1.29 is 36.5 Å². The van der Waals surface area contributed by atoms with E-state index in [1.54, 1.807) is 0 Å². The highest BCUT2D eigenvalue weighted by atomic mass is 19.1. The second-order valence-corrected chi connectivity index (χ2v) is 10.7. The van der Waals surface area contributed by atoms with E-state index in [1.807, 2.05) is 54.6 Å². The lowest BCUT2D eigenvalue weighted by Crippen LogP contribution is -2.50. The van der Waals surface area contributed by atoms with Crippen molar-refractivity contribution >= 4 is 0 Å². The van der Waals surface area contributed by atoms with Crippen LogP contribution in [0.3, 0.4) is 0 Å². The van der Waals surface area contributed by atoms with E-state index in [1.165, 1.54) is 24.3 Å². The molecule has 0 spiro atoms. The summed E-state index contributed by atoms with van der Waals surface area (Å²) in [6, 6.07) is 24.3. The summed E-state index contributed by atoms with van der Waals surface area (Å²) < 4.78 is 79.4. The summed E-state index contributed by atoms with van der Waals surface area (Å²) in [5.74, 6) is -2.29. The van der Waals surface area contributed by atoms with Crippen molar-refractivity contribution in [1.29, 1.82) is 0 Å². The molecule has 1 N–H and O–H groups in total. The summed E-state index contributed by atoms with van der Waals surface area (Å²) in [5.41, 5.74) is 2.49. The van der Waals surface area contributed by atoms with E-state index < -0.39 is 35.5 Å². The molecule has 0 radical (unpaired) electrons. The molecule has 3 atom stereocenters. The molecular weight excluding hydrogens is 574 g/mol. The molecule has 1 aliphatic heterocycles. The van der Waals surface area contributed by atoms with Crippen LogP contribution in [0.2, 0.25) is 0 Å². The predicted molar refractivity (Wildman–Crippen MR) is 158 cm³/mol. The van der Waals surface area contributed by atoms with Gasteiger partial charge in [-0.25, -0.2) is 17.6 Å². The lowest BCUT2D eigenvalue weighted by atomic mass is 9.85. The van der Waals surface area contributed by atoms with E-state index >= 15 is 0 Å². The Hall–Kier alpha value is -3.76. The Balaban J connectivity index is 1.22. The van der Waals surface area contributed by atoms with Crippen LogP contribution in [-0.4, -0.2) is 38.5 Å². The Labute approximate surface area is 254 Å². The molecule has 1 heterocycles. The second-order valence-electron chi connectivity index (χ2n) is 10.7. The molecule has 1 unspecified atom stereocenters. The van der Waals surface area contributed by atoms with Crippen LogP contribution in [0, 0.1) is 23.3 Å². The normalized spacial score (nSPS) is 18.3. The first-order valence-corrected chi connectivity index (χ1v) is 14.6. The van der Waals surface area contributed by atoms with Crippen LogP contribution < -0.4 is 10.1 Å². The fraction of sp³-hybridized carbons (Fsp3) is 0.314. The van der Waals surface area contributed by atoms with Gasteiger partial charge in [-0.15, -0.1) is 0 Å². The predicted octanol–water partition coefficient (Wildman–Crippen LogP) is 7.09. The van der Waals surface area contributed by atoms with E-state index in [0.29, 0.717) is 38.7 Å². The number of halogens is 4. The molecule has 0 amide bonds. The van der Waals surface area contributed by atoms with Gasteiger partial charge >= 0.3 is 0 Å². The van der Waals surface area contributed by atoms with E-state index in [-0.39, 0.29) is 30.3 Å². The standard InChI is InChI=1S/C35H35F4NO4/c36-28-11-7-26(31(38)17-28)22-43-33-19-40-20-34(44-23-27-8-12-29(37)18-32(27)39)35(33)25-9-13-30(14-10-25)42-16-4-15-41-21-24-5-2-1-3-6-24/h1-3,5-14,17-18,33-35,40H,4,15-16,19-23H2/t33-,34+,35?. The summed E-state index contributed by atoms with van der Waals surface area (Å²) in [5, 5.41) is 3.28. The average molecular weight is 610 g/mol. The molecule has 0 saturated carbocycles. The third kappa shape index (κ3) is 8.89. The minimum atomic E-state index is -0.683. The molecule has 4 aromatic rings. The first-order chi connectivity index (χ1) is 21.5. The van der Waals surface area contributed by atoms with Crippen molar-refractivity contribution in [2.24, 2.45) is 0 Å². The van der Waals surface area contributed by atoms with Gasteiger partial charge in [-0.3, -0.25) is 0 Å². The fourth-order valence-corrected chi connectivity index (χ4v) is 5.19. The van der Waals surface area contributed by atoms with Gasteiger partial charge in [0.2, 0.25) is 0 Å². The third-order valence-corrected chi connectivity index (χ3v) is 7.51. The molecule has 0 aromatic heterocycles. The van der Waals surface area contributed by atoms with Crippen LogP contribution in [0.15, 0.2) is 91.0 Å². The highest BCUT2D eigenvalue weighted by Gasteiger charge is 2.36. The monoisotopic (exact) mass is 609 g/mol. The Morgan fingerprint density at radius 2 is 1.23 bits per heavy atom. The van der Waals surface area contributed by atoms with Crippen molar-refractivity contribution in [3.8, 4) is 5.75 Å². The van der Waals surface area contributed by atoms with E-state index in [4.69, 9.17) is 18.9 Å². The topological polar surface area (TPSA) is 49.0 Å². The third-order valence-electron chi connectivity index (χ3n) is 7.51. The first-order valence-electron chi connectivity index (χ1n) is 14.6. The number of rotatable bonds is 14. The van der Waals surface area contributed by atoms with E-state index in [2.05, 4.69) is 5.32 Å². The fourth-order valence-electron chi connectivity index (χ4n) is 5.19. The van der Waals surface area contributed by atoms with Crippen LogP contribution in [0.5, 0.6) is 5.75 Å². The summed E-state index contributed by atoms with van der Waals surface area (Å²) in [6.07, 6.45) is -0.149. The number of ether oxygens (including phenoxy) is 4. The molecule has 232 valence electrons. The SMILES string of the molecule is Fc1ccc(CO[C@H]2CNC[C@@H](OCc3ccc(F)cc3F)C2c2ccc(OCCCOCc3ccccc3)cc2)c(F)c1. The molecule has 1 saturated heterocycles. The van der Waals surface area contributed by atoms with Gasteiger partial charge in [-0.05, 0) is 35.4 Å². The zero-order valence-electron chi connectivity index (χ0n) is 24.2. The van der Waals surface area contributed by atoms with Gasteiger partial charge in [0.25, 0.3) is 0 Å². The molecule has 1 fully saturated rings. The molecular formula is C35H35F4NO4. The summed E-state index contributed by atoms with van der Waals surface area (Å²) in [4.78, 5) is 0. The summed E-state index contributed by atoms with van der Waals surface area (Å²) in [7, 11) is 0. The van der Waals surface area contributed by atoms with Crippen molar-refractivity contribution in [3.63, 3.8) is 0 Å². The molecule has 1 aliphatic rings. The van der Waals surface area contributed by atoms with Gasteiger partial charge in [-0.1, -0.05) is 54.6 Å². The highest BCUT2D eigenvalue weighted by molar-refractivity contribution is 5.32. The van der Waals surface area contributed by atoms with Gasteiger partial charge in [0, 0.05) is 48.7 Å². The van der Waals surface area contributed by atoms with Gasteiger partial charge < -0.3 is 24.3 Å². The number of hydrogen-bond donors (Lipinski definition) is 1.